The molecule has 0 saturated carbocycles. The van der Waals surface area contributed by atoms with Gasteiger partial charge in [0.25, 0.3) is 0 Å². The summed E-state index contributed by atoms with van der Waals surface area (Å²) in [5, 5.41) is 15.2. The number of aliphatic hydroxyl groups excluding tert-OH is 1. The molecule has 0 aliphatic carbocycles. The second-order valence-electron chi connectivity index (χ2n) is 0.632. The van der Waals surface area contributed by atoms with Gasteiger partial charge in [-0.2, -0.15) is 0 Å². The first-order chi connectivity index (χ1) is 1.73. The van der Waals surface area contributed by atoms with Gasteiger partial charge < -0.3 is 10.2 Å². The van der Waals surface area contributed by atoms with Crippen LogP contribution < -0.4 is 0 Å². The summed E-state index contributed by atoms with van der Waals surface area (Å²) in [7, 11) is 0. The third-order valence-electron chi connectivity index (χ3n) is 0. The molecule has 3 heteroatoms. The molecular formula is C2H6HgO2. The minimum Gasteiger partial charge on any atom is -0.368 e. The zero-order valence-electron chi connectivity index (χ0n) is 3.18. The molecule has 0 aromatic rings. The van der Waals surface area contributed by atoms with E-state index < -0.39 is 6.29 Å². The van der Waals surface area contributed by atoms with Crippen LogP contribution in [0, 0.1) is 0 Å². The van der Waals surface area contributed by atoms with Crippen LogP contribution in [0.15, 0.2) is 0 Å². The summed E-state index contributed by atoms with van der Waals surface area (Å²) in [6, 6.07) is 0. The Hall–Kier alpha value is 0.855. The van der Waals surface area contributed by atoms with E-state index in [-0.39, 0.29) is 27.7 Å². The largest absolute Gasteiger partial charge is 0.368 e. The Labute approximate surface area is 51.3 Å². The molecule has 0 bridgehead atoms. The zero-order valence-corrected chi connectivity index (χ0v) is 8.68. The van der Waals surface area contributed by atoms with Crippen molar-refractivity contribution < 1.29 is 37.9 Å². The van der Waals surface area contributed by atoms with Gasteiger partial charge in [0.05, 0.1) is 0 Å². The van der Waals surface area contributed by atoms with Crippen LogP contribution in [0.4, 0.5) is 0 Å². The molecule has 0 aliphatic rings. The van der Waals surface area contributed by atoms with Crippen LogP contribution in [0.5, 0.6) is 0 Å². The van der Waals surface area contributed by atoms with Crippen LogP contribution in [0.2, 0.25) is 0 Å². The predicted octanol–water partition coefficient (Wildman–Crippen LogP) is -0.685. The maximum Gasteiger partial charge on any atom is 0.148 e. The number of rotatable bonds is 0. The molecule has 0 saturated heterocycles. The normalized spacial score (nSPS) is 7.20. The first-order valence-electron chi connectivity index (χ1n) is 1.09. The van der Waals surface area contributed by atoms with E-state index in [0.29, 0.717) is 0 Å². The van der Waals surface area contributed by atoms with Gasteiger partial charge in [-0.25, -0.2) is 0 Å². The van der Waals surface area contributed by atoms with Gasteiger partial charge in [-0.15, -0.1) is 0 Å². The quantitative estimate of drug-likeness (QED) is 0.448. The molecule has 0 rings (SSSR count). The van der Waals surface area contributed by atoms with Crippen LogP contribution in [-0.4, -0.2) is 16.5 Å². The van der Waals surface area contributed by atoms with Gasteiger partial charge in [0.2, 0.25) is 0 Å². The molecule has 0 unspecified atom stereocenters. The third kappa shape index (κ3) is 54.1. The van der Waals surface area contributed by atoms with Gasteiger partial charge in [-0.3, -0.25) is 0 Å². The van der Waals surface area contributed by atoms with E-state index in [4.69, 9.17) is 10.2 Å². The van der Waals surface area contributed by atoms with Crippen molar-refractivity contribution in [2.45, 2.75) is 13.2 Å². The Morgan fingerprint density at radius 2 is 1.40 bits per heavy atom. The molecule has 0 radical (unpaired) electrons. The Balaban J connectivity index is 0. The average Bonchev–Trinajstić information content (AvgIpc) is 0.811. The maximum absolute atomic E-state index is 7.61. The molecule has 0 atom stereocenters. The molecule has 0 heterocycles. The molecule has 5 heavy (non-hydrogen) atoms. The summed E-state index contributed by atoms with van der Waals surface area (Å²) in [6.07, 6.45) is -1.17. The Bertz CT molecular complexity index is 12.4. The standard InChI is InChI=1S/C2H6O2.Hg/c1-2(3)4;/h2-4H,1H3;. The van der Waals surface area contributed by atoms with E-state index in [0.717, 1.165) is 0 Å². The second-order valence-corrected chi connectivity index (χ2v) is 0.632. The van der Waals surface area contributed by atoms with Crippen molar-refractivity contribution in [2.24, 2.45) is 0 Å². The number of hydrogen-bond acceptors (Lipinski definition) is 2. The fourth-order valence-electron chi connectivity index (χ4n) is 0. The van der Waals surface area contributed by atoms with Crippen molar-refractivity contribution in [3.8, 4) is 0 Å². The van der Waals surface area contributed by atoms with E-state index >= 15 is 0 Å². The topological polar surface area (TPSA) is 40.5 Å². The van der Waals surface area contributed by atoms with Crippen LogP contribution in [0.1, 0.15) is 6.92 Å². The minimum atomic E-state index is -1.17. The zero-order chi connectivity index (χ0) is 3.58. The van der Waals surface area contributed by atoms with Gasteiger partial charge in [-0.05, 0) is 6.92 Å². The molecule has 28 valence electrons. The molecule has 2 nitrogen and oxygen atoms in total. The smallest absolute Gasteiger partial charge is 0.148 e. The minimum absolute atomic E-state index is 0. The van der Waals surface area contributed by atoms with E-state index in [1.807, 2.05) is 0 Å². The number of aliphatic hydroxyl groups is 2. The second kappa shape index (κ2) is 4.86. The molecule has 0 spiro atoms. The SMILES string of the molecule is CC(O)O.[Hg]. The van der Waals surface area contributed by atoms with Gasteiger partial charge in [-0.1, -0.05) is 0 Å². The van der Waals surface area contributed by atoms with Crippen molar-refractivity contribution >= 4 is 0 Å². The third-order valence-corrected chi connectivity index (χ3v) is 0. The number of hydrogen-bond donors (Lipinski definition) is 2. The first kappa shape index (κ1) is 9.29. The molecular weight excluding hydrogens is 257 g/mol. The molecule has 0 amide bonds. The average molecular weight is 263 g/mol. The van der Waals surface area contributed by atoms with Crippen LogP contribution in [0.25, 0.3) is 0 Å². The molecule has 0 aromatic carbocycles. The summed E-state index contributed by atoms with van der Waals surface area (Å²) in [5.41, 5.74) is 0. The monoisotopic (exact) mass is 264 g/mol. The van der Waals surface area contributed by atoms with Crippen molar-refractivity contribution in [3.63, 3.8) is 0 Å². The van der Waals surface area contributed by atoms with Crippen LogP contribution >= 0.6 is 0 Å². The van der Waals surface area contributed by atoms with E-state index in [2.05, 4.69) is 0 Å². The van der Waals surface area contributed by atoms with Gasteiger partial charge in [0.15, 0.2) is 0 Å². The van der Waals surface area contributed by atoms with Crippen LogP contribution in [-0.2, 0) is 27.7 Å². The summed E-state index contributed by atoms with van der Waals surface area (Å²) in [6.45, 7) is 1.28. The van der Waals surface area contributed by atoms with Crippen molar-refractivity contribution in [1.82, 2.24) is 0 Å². The van der Waals surface area contributed by atoms with E-state index in [1.54, 1.807) is 0 Å². The fraction of sp³-hybridized carbons (Fsp3) is 1.00. The molecule has 0 aromatic heterocycles. The Kier molecular flexibility index (Phi) is 9.02. The Morgan fingerprint density at radius 1 is 1.40 bits per heavy atom. The van der Waals surface area contributed by atoms with Crippen molar-refractivity contribution in [3.05, 3.63) is 0 Å². The van der Waals surface area contributed by atoms with Crippen molar-refractivity contribution in [1.29, 1.82) is 0 Å². The van der Waals surface area contributed by atoms with Crippen LogP contribution in [0.3, 0.4) is 0 Å². The summed E-state index contributed by atoms with van der Waals surface area (Å²) in [5.74, 6) is 0. The maximum atomic E-state index is 7.61. The van der Waals surface area contributed by atoms with Gasteiger partial charge in [0.1, 0.15) is 6.29 Å². The summed E-state index contributed by atoms with van der Waals surface area (Å²) < 4.78 is 0. The first-order valence-corrected chi connectivity index (χ1v) is 1.09. The fourth-order valence-corrected chi connectivity index (χ4v) is 0. The van der Waals surface area contributed by atoms with Gasteiger partial charge >= 0.3 is 0 Å². The van der Waals surface area contributed by atoms with E-state index in [1.165, 1.54) is 6.92 Å². The molecule has 2 N–H and O–H groups in total. The summed E-state index contributed by atoms with van der Waals surface area (Å²) >= 11 is 0. The summed E-state index contributed by atoms with van der Waals surface area (Å²) in [4.78, 5) is 0. The molecule has 0 aliphatic heterocycles. The van der Waals surface area contributed by atoms with Gasteiger partial charge in [0, 0.05) is 27.7 Å². The van der Waals surface area contributed by atoms with E-state index in [9.17, 15) is 0 Å². The Morgan fingerprint density at radius 3 is 1.40 bits per heavy atom. The predicted molar refractivity (Wildman–Crippen MR) is 13.9 cm³/mol. The molecule has 0 fully saturated rings. The van der Waals surface area contributed by atoms with Crippen molar-refractivity contribution in [2.75, 3.05) is 0 Å².